The average Bonchev–Trinajstić information content (AvgIpc) is 2.39. The standard InChI is InChI=1S/C7H11NO5/c1-11-2-3-12-4-5-6(9)13-7(10)8-5/h5H,2-4H2,1H3,(H,8,10)/t5-/m0/s1. The van der Waals surface area contributed by atoms with E-state index in [1.807, 2.05) is 0 Å². The summed E-state index contributed by atoms with van der Waals surface area (Å²) in [4.78, 5) is 21.3. The van der Waals surface area contributed by atoms with E-state index in [0.717, 1.165) is 0 Å². The second kappa shape index (κ2) is 4.78. The Balaban J connectivity index is 2.14. The third kappa shape index (κ3) is 3.00. The zero-order valence-electron chi connectivity index (χ0n) is 7.24. The van der Waals surface area contributed by atoms with Crippen LogP contribution in [0.15, 0.2) is 0 Å². The zero-order valence-corrected chi connectivity index (χ0v) is 7.24. The number of carbonyl (C=O) groups is 2. The molecule has 1 heterocycles. The minimum absolute atomic E-state index is 0.119. The van der Waals surface area contributed by atoms with Gasteiger partial charge in [0.1, 0.15) is 0 Å². The summed E-state index contributed by atoms with van der Waals surface area (Å²) in [6.07, 6.45) is -0.717. The van der Waals surface area contributed by atoms with Gasteiger partial charge in [0, 0.05) is 7.11 Å². The van der Waals surface area contributed by atoms with Crippen LogP contribution in [0.4, 0.5) is 4.79 Å². The number of hydrogen-bond acceptors (Lipinski definition) is 5. The number of cyclic esters (lactones) is 2. The van der Waals surface area contributed by atoms with Crippen molar-refractivity contribution in [2.45, 2.75) is 6.04 Å². The van der Waals surface area contributed by atoms with Gasteiger partial charge in [-0.25, -0.2) is 9.59 Å². The quantitative estimate of drug-likeness (QED) is 0.351. The second-order valence-corrected chi connectivity index (χ2v) is 2.47. The number of carbonyl (C=O) groups excluding carboxylic acids is 2. The molecule has 6 heteroatoms. The highest BCUT2D eigenvalue weighted by molar-refractivity contribution is 5.95. The SMILES string of the molecule is COCCOC[C@@H]1NC(=O)OC1=O. The second-order valence-electron chi connectivity index (χ2n) is 2.47. The van der Waals surface area contributed by atoms with Gasteiger partial charge in [-0.15, -0.1) is 0 Å². The molecule has 0 aromatic rings. The van der Waals surface area contributed by atoms with E-state index in [1.54, 1.807) is 7.11 Å². The Bertz CT molecular complexity index is 205. The highest BCUT2D eigenvalue weighted by atomic mass is 16.6. The molecular formula is C7H11NO5. The van der Waals surface area contributed by atoms with E-state index in [-0.39, 0.29) is 6.61 Å². The molecule has 0 aromatic heterocycles. The maximum atomic E-state index is 10.8. The third-order valence-electron chi connectivity index (χ3n) is 1.49. The molecule has 1 atom stereocenters. The lowest BCUT2D eigenvalue weighted by atomic mass is 10.3. The van der Waals surface area contributed by atoms with Crippen LogP contribution in [0, 0.1) is 0 Å². The Morgan fingerprint density at radius 3 is 2.77 bits per heavy atom. The van der Waals surface area contributed by atoms with Gasteiger partial charge < -0.3 is 19.5 Å². The summed E-state index contributed by atoms with van der Waals surface area (Å²) in [6.45, 7) is 0.958. The summed E-state index contributed by atoms with van der Waals surface area (Å²) in [5, 5.41) is 2.30. The fraction of sp³-hybridized carbons (Fsp3) is 0.714. The van der Waals surface area contributed by atoms with E-state index >= 15 is 0 Å². The van der Waals surface area contributed by atoms with Gasteiger partial charge in [0.25, 0.3) is 0 Å². The lowest BCUT2D eigenvalue weighted by Gasteiger charge is -2.05. The average molecular weight is 189 g/mol. The molecule has 1 saturated heterocycles. The van der Waals surface area contributed by atoms with Crippen LogP contribution in [0.2, 0.25) is 0 Å². The predicted molar refractivity (Wildman–Crippen MR) is 41.1 cm³/mol. The highest BCUT2D eigenvalue weighted by Crippen LogP contribution is 2.00. The van der Waals surface area contributed by atoms with Crippen molar-refractivity contribution in [3.05, 3.63) is 0 Å². The van der Waals surface area contributed by atoms with Crippen molar-refractivity contribution in [2.75, 3.05) is 26.9 Å². The van der Waals surface area contributed by atoms with Gasteiger partial charge in [-0.2, -0.15) is 0 Å². The number of nitrogens with one attached hydrogen (secondary N) is 1. The van der Waals surface area contributed by atoms with E-state index in [0.29, 0.717) is 13.2 Å². The van der Waals surface area contributed by atoms with Gasteiger partial charge in [0.15, 0.2) is 6.04 Å². The van der Waals surface area contributed by atoms with Crippen LogP contribution in [-0.4, -0.2) is 45.0 Å². The highest BCUT2D eigenvalue weighted by Gasteiger charge is 2.32. The van der Waals surface area contributed by atoms with Crippen molar-refractivity contribution >= 4 is 12.1 Å². The molecule has 0 spiro atoms. The normalized spacial score (nSPS) is 21.5. The monoisotopic (exact) mass is 189 g/mol. The number of amides is 1. The van der Waals surface area contributed by atoms with Crippen LogP contribution in [-0.2, 0) is 19.0 Å². The van der Waals surface area contributed by atoms with Crippen molar-refractivity contribution in [2.24, 2.45) is 0 Å². The first-order valence-corrected chi connectivity index (χ1v) is 3.83. The van der Waals surface area contributed by atoms with Gasteiger partial charge in [-0.1, -0.05) is 0 Å². The Hall–Kier alpha value is -1.14. The number of methoxy groups -OCH3 is 1. The van der Waals surface area contributed by atoms with Gasteiger partial charge in [0.05, 0.1) is 19.8 Å². The number of alkyl carbamates (subject to hydrolysis) is 1. The first kappa shape index (κ1) is 9.94. The lowest BCUT2D eigenvalue weighted by Crippen LogP contribution is -2.33. The molecule has 1 rings (SSSR count). The topological polar surface area (TPSA) is 73.9 Å². The van der Waals surface area contributed by atoms with Crippen LogP contribution in [0.5, 0.6) is 0 Å². The van der Waals surface area contributed by atoms with Crippen molar-refractivity contribution in [1.29, 1.82) is 0 Å². The molecule has 0 saturated carbocycles. The minimum Gasteiger partial charge on any atom is -0.382 e. The first-order chi connectivity index (χ1) is 6.24. The lowest BCUT2D eigenvalue weighted by molar-refractivity contribution is -0.136. The van der Waals surface area contributed by atoms with E-state index in [9.17, 15) is 9.59 Å². The molecule has 1 amide bonds. The predicted octanol–water partition coefficient (Wildman–Crippen LogP) is -0.716. The van der Waals surface area contributed by atoms with E-state index in [4.69, 9.17) is 9.47 Å². The molecule has 1 N–H and O–H groups in total. The molecule has 74 valence electrons. The van der Waals surface area contributed by atoms with Crippen LogP contribution >= 0.6 is 0 Å². The summed E-state index contributed by atoms with van der Waals surface area (Å²) < 4.78 is 14.0. The van der Waals surface area contributed by atoms with Gasteiger partial charge in [-0.05, 0) is 0 Å². The Morgan fingerprint density at radius 1 is 1.46 bits per heavy atom. The molecule has 0 aromatic carbocycles. The van der Waals surface area contributed by atoms with Crippen LogP contribution in [0.1, 0.15) is 0 Å². The number of ether oxygens (including phenoxy) is 3. The third-order valence-corrected chi connectivity index (χ3v) is 1.49. The van der Waals surface area contributed by atoms with Crippen LogP contribution in [0.25, 0.3) is 0 Å². The smallest absolute Gasteiger partial charge is 0.382 e. The molecule has 0 aliphatic carbocycles. The first-order valence-electron chi connectivity index (χ1n) is 3.83. The fourth-order valence-electron chi connectivity index (χ4n) is 0.846. The molecular weight excluding hydrogens is 178 g/mol. The molecule has 1 fully saturated rings. The van der Waals surface area contributed by atoms with Crippen molar-refractivity contribution < 1.29 is 23.8 Å². The van der Waals surface area contributed by atoms with Gasteiger partial charge in [0.2, 0.25) is 0 Å². The summed E-state index contributed by atoms with van der Waals surface area (Å²) in [5.41, 5.74) is 0. The summed E-state index contributed by atoms with van der Waals surface area (Å²) in [5.74, 6) is -0.595. The van der Waals surface area contributed by atoms with E-state index < -0.39 is 18.1 Å². The summed E-state index contributed by atoms with van der Waals surface area (Å²) >= 11 is 0. The fourth-order valence-corrected chi connectivity index (χ4v) is 0.846. The molecule has 13 heavy (non-hydrogen) atoms. The number of hydrogen-bond donors (Lipinski definition) is 1. The minimum atomic E-state index is -0.717. The maximum Gasteiger partial charge on any atom is 0.415 e. The molecule has 1 aliphatic rings. The molecule has 6 nitrogen and oxygen atoms in total. The molecule has 0 bridgehead atoms. The van der Waals surface area contributed by atoms with Crippen molar-refractivity contribution in [3.8, 4) is 0 Å². The molecule has 1 aliphatic heterocycles. The van der Waals surface area contributed by atoms with Crippen LogP contribution < -0.4 is 5.32 Å². The summed E-state index contributed by atoms with van der Waals surface area (Å²) in [6, 6.07) is -0.677. The zero-order chi connectivity index (χ0) is 9.68. The molecule has 0 radical (unpaired) electrons. The molecule has 0 unspecified atom stereocenters. The Morgan fingerprint density at radius 2 is 2.23 bits per heavy atom. The van der Waals surface area contributed by atoms with E-state index in [1.165, 1.54) is 0 Å². The van der Waals surface area contributed by atoms with Crippen molar-refractivity contribution in [3.63, 3.8) is 0 Å². The Kier molecular flexibility index (Phi) is 3.66. The van der Waals surface area contributed by atoms with Crippen molar-refractivity contribution in [1.82, 2.24) is 5.32 Å². The van der Waals surface area contributed by atoms with Crippen LogP contribution in [0.3, 0.4) is 0 Å². The maximum absolute atomic E-state index is 10.8. The van der Waals surface area contributed by atoms with E-state index in [2.05, 4.69) is 10.1 Å². The van der Waals surface area contributed by atoms with Gasteiger partial charge in [-0.3, -0.25) is 0 Å². The largest absolute Gasteiger partial charge is 0.415 e. The number of rotatable bonds is 5. The Labute approximate surface area is 75.1 Å². The van der Waals surface area contributed by atoms with Gasteiger partial charge >= 0.3 is 12.1 Å². The summed E-state index contributed by atoms with van der Waals surface area (Å²) in [7, 11) is 1.55. The number of esters is 1.